The van der Waals surface area contributed by atoms with Crippen molar-refractivity contribution in [1.82, 2.24) is 19.3 Å². The zero-order chi connectivity index (χ0) is 26.3. The van der Waals surface area contributed by atoms with Gasteiger partial charge in [0.1, 0.15) is 0 Å². The highest BCUT2D eigenvalue weighted by Gasteiger charge is 2.34. The first kappa shape index (κ1) is 26.6. The van der Waals surface area contributed by atoms with Gasteiger partial charge in [-0.1, -0.05) is 23.7 Å². The fraction of sp³-hybridized carbons (Fsp3) is 0.370. The van der Waals surface area contributed by atoms with Crippen LogP contribution in [0.4, 0.5) is 0 Å². The summed E-state index contributed by atoms with van der Waals surface area (Å²) in [6.45, 7) is 6.31. The van der Waals surface area contributed by atoms with Crippen LogP contribution in [0, 0.1) is 3.57 Å². The Morgan fingerprint density at radius 1 is 1.03 bits per heavy atom. The van der Waals surface area contributed by atoms with Crippen molar-refractivity contribution in [1.29, 1.82) is 0 Å². The maximum atomic E-state index is 13.7. The van der Waals surface area contributed by atoms with E-state index in [1.807, 2.05) is 11.8 Å². The Labute approximate surface area is 230 Å². The van der Waals surface area contributed by atoms with Gasteiger partial charge in [0.25, 0.3) is 17.6 Å². The Morgan fingerprint density at radius 2 is 1.69 bits per heavy atom. The molecular weight excluding hydrogens is 591 g/mol. The highest BCUT2D eigenvalue weighted by molar-refractivity contribution is 14.1. The number of nitrogens with zero attached hydrogens (tertiary/aromatic N) is 4. The first-order valence-corrected chi connectivity index (χ1v) is 13.3. The van der Waals surface area contributed by atoms with Crippen LogP contribution in [-0.4, -0.2) is 76.1 Å². The van der Waals surface area contributed by atoms with Crippen LogP contribution in [-0.2, 0) is 18.4 Å². The zero-order valence-corrected chi connectivity index (χ0v) is 24.0. The standard InChI is InChI=1S/C27H30ClIN4O3/c1-16-13-33(17(2)12-32(16)14-18-6-8-19(29)9-7-18)26(35)21-10-20-22(25(34)27(36)30(3)4)15-31(5)24(20)11-23(21)28/h6-11,15-17H,12-14H2,1-5H3/t16-,17+/m0/s1. The van der Waals surface area contributed by atoms with Crippen LogP contribution in [0.25, 0.3) is 10.9 Å². The number of amides is 2. The quantitative estimate of drug-likeness (QED) is 0.240. The summed E-state index contributed by atoms with van der Waals surface area (Å²) < 4.78 is 2.95. The minimum Gasteiger partial charge on any atom is -0.350 e. The Kier molecular flexibility index (Phi) is 7.78. The van der Waals surface area contributed by atoms with Crippen molar-refractivity contribution in [3.8, 4) is 0 Å². The van der Waals surface area contributed by atoms with Crippen LogP contribution in [0.5, 0.6) is 0 Å². The number of rotatable bonds is 5. The number of hydrogen-bond donors (Lipinski definition) is 0. The van der Waals surface area contributed by atoms with Gasteiger partial charge in [-0.05, 0) is 66.3 Å². The number of likely N-dealkylation sites (N-methyl/N-ethyl adjacent to an activating group) is 1. The van der Waals surface area contributed by atoms with Crippen LogP contribution in [0.15, 0.2) is 42.6 Å². The van der Waals surface area contributed by atoms with Gasteiger partial charge in [0.2, 0.25) is 0 Å². The molecule has 36 heavy (non-hydrogen) atoms. The van der Waals surface area contributed by atoms with E-state index in [0.29, 0.717) is 28.0 Å². The average molecular weight is 621 g/mol. The van der Waals surface area contributed by atoms with E-state index in [1.54, 1.807) is 29.9 Å². The van der Waals surface area contributed by atoms with Crippen molar-refractivity contribution in [2.24, 2.45) is 7.05 Å². The highest BCUT2D eigenvalue weighted by atomic mass is 127. The highest BCUT2D eigenvalue weighted by Crippen LogP contribution is 2.30. The number of carbonyl (C=O) groups is 3. The Morgan fingerprint density at radius 3 is 2.33 bits per heavy atom. The summed E-state index contributed by atoms with van der Waals surface area (Å²) >= 11 is 8.90. The summed E-state index contributed by atoms with van der Waals surface area (Å²) in [4.78, 5) is 44.4. The summed E-state index contributed by atoms with van der Waals surface area (Å²) in [6, 6.07) is 12.0. The number of hydrogen-bond acceptors (Lipinski definition) is 4. The molecule has 0 bridgehead atoms. The lowest BCUT2D eigenvalue weighted by atomic mass is 10.0. The van der Waals surface area contributed by atoms with Crippen molar-refractivity contribution in [3.05, 3.63) is 67.9 Å². The summed E-state index contributed by atoms with van der Waals surface area (Å²) in [5, 5.41) is 0.872. The molecule has 0 saturated carbocycles. The molecule has 0 unspecified atom stereocenters. The van der Waals surface area contributed by atoms with E-state index in [9.17, 15) is 14.4 Å². The van der Waals surface area contributed by atoms with E-state index in [-0.39, 0.29) is 23.6 Å². The molecule has 1 aliphatic heterocycles. The van der Waals surface area contributed by atoms with Crippen molar-refractivity contribution in [3.63, 3.8) is 0 Å². The van der Waals surface area contributed by atoms with Gasteiger partial charge in [-0.25, -0.2) is 0 Å². The molecule has 9 heteroatoms. The summed E-state index contributed by atoms with van der Waals surface area (Å²) in [7, 11) is 4.86. The molecule has 1 fully saturated rings. The lowest BCUT2D eigenvalue weighted by Gasteiger charge is -2.44. The Bertz CT molecular complexity index is 1340. The van der Waals surface area contributed by atoms with Gasteiger partial charge in [-0.15, -0.1) is 0 Å². The second-order valence-corrected chi connectivity index (χ2v) is 11.4. The van der Waals surface area contributed by atoms with Gasteiger partial charge in [-0.2, -0.15) is 0 Å². The molecule has 0 aliphatic carbocycles. The van der Waals surface area contributed by atoms with Crippen LogP contribution in [0.1, 0.15) is 40.1 Å². The van der Waals surface area contributed by atoms with Crippen LogP contribution in [0.2, 0.25) is 5.02 Å². The number of Topliss-reactive ketones (excluding diaryl/α,β-unsaturated/α-hetero) is 1. The molecule has 1 saturated heterocycles. The van der Waals surface area contributed by atoms with Gasteiger partial charge in [0.15, 0.2) is 0 Å². The summed E-state index contributed by atoms with van der Waals surface area (Å²) in [5.41, 5.74) is 2.54. The lowest BCUT2D eigenvalue weighted by molar-refractivity contribution is -0.124. The monoisotopic (exact) mass is 620 g/mol. The summed E-state index contributed by atoms with van der Waals surface area (Å²) in [6.07, 6.45) is 1.62. The molecule has 1 aromatic heterocycles. The van der Waals surface area contributed by atoms with E-state index in [0.717, 1.165) is 13.1 Å². The smallest absolute Gasteiger partial charge is 0.294 e. The molecule has 0 N–H and O–H groups in total. The SMILES string of the molecule is C[C@@H]1CN(Cc2ccc(I)cc2)[C@@H](C)CN1C(=O)c1cc2c(C(=O)C(=O)N(C)C)cn(C)c2cc1Cl. The van der Waals surface area contributed by atoms with Gasteiger partial charge in [0.05, 0.1) is 21.7 Å². The Hall–Kier alpha value is -2.43. The minimum atomic E-state index is -0.614. The van der Waals surface area contributed by atoms with E-state index in [1.165, 1.54) is 28.1 Å². The summed E-state index contributed by atoms with van der Waals surface area (Å²) in [5.74, 6) is -1.40. The average Bonchev–Trinajstić information content (AvgIpc) is 3.15. The van der Waals surface area contributed by atoms with E-state index in [4.69, 9.17) is 11.6 Å². The number of ketones is 1. The zero-order valence-electron chi connectivity index (χ0n) is 21.1. The number of carbonyl (C=O) groups excluding carboxylic acids is 3. The molecule has 190 valence electrons. The maximum absolute atomic E-state index is 13.7. The van der Waals surface area contributed by atoms with Crippen LogP contribution >= 0.6 is 34.2 Å². The van der Waals surface area contributed by atoms with Crippen molar-refractivity contribution in [2.75, 3.05) is 27.2 Å². The van der Waals surface area contributed by atoms with E-state index < -0.39 is 11.7 Å². The fourth-order valence-corrected chi connectivity index (χ4v) is 5.34. The first-order valence-electron chi connectivity index (χ1n) is 11.8. The first-order chi connectivity index (χ1) is 17.0. The molecule has 0 spiro atoms. The molecule has 7 nitrogen and oxygen atoms in total. The minimum absolute atomic E-state index is 0.0171. The molecule has 2 atom stereocenters. The molecule has 4 rings (SSSR count). The molecule has 2 heterocycles. The van der Waals surface area contributed by atoms with Crippen molar-refractivity contribution in [2.45, 2.75) is 32.5 Å². The van der Waals surface area contributed by atoms with Gasteiger partial charge in [0, 0.05) is 68.0 Å². The number of piperazine rings is 1. The third-order valence-corrected chi connectivity index (χ3v) is 7.86. The fourth-order valence-electron chi connectivity index (χ4n) is 4.75. The van der Waals surface area contributed by atoms with Crippen molar-refractivity contribution < 1.29 is 14.4 Å². The maximum Gasteiger partial charge on any atom is 0.294 e. The van der Waals surface area contributed by atoms with Crippen LogP contribution in [0.3, 0.4) is 0 Å². The molecule has 0 radical (unpaired) electrons. The molecular formula is C27H30ClIN4O3. The third kappa shape index (κ3) is 5.17. The second kappa shape index (κ2) is 10.5. The molecule has 1 aliphatic rings. The van der Waals surface area contributed by atoms with Crippen molar-refractivity contribution >= 4 is 62.7 Å². The van der Waals surface area contributed by atoms with Crippen LogP contribution < -0.4 is 0 Å². The molecule has 2 aromatic carbocycles. The molecule has 3 aromatic rings. The predicted octanol–water partition coefficient (Wildman–Crippen LogP) is 4.44. The Balaban J connectivity index is 1.60. The van der Waals surface area contributed by atoms with E-state index in [2.05, 4.69) is 58.7 Å². The van der Waals surface area contributed by atoms with Gasteiger partial charge in [-0.3, -0.25) is 19.3 Å². The normalized spacial score (nSPS) is 18.5. The number of aryl methyl sites for hydroxylation is 1. The largest absolute Gasteiger partial charge is 0.350 e. The second-order valence-electron chi connectivity index (χ2n) is 9.74. The lowest BCUT2D eigenvalue weighted by Crippen LogP contribution is -2.57. The topological polar surface area (TPSA) is 65.9 Å². The third-order valence-electron chi connectivity index (χ3n) is 6.83. The van der Waals surface area contributed by atoms with Gasteiger partial charge < -0.3 is 14.4 Å². The number of benzene rings is 2. The number of halogens is 2. The van der Waals surface area contributed by atoms with E-state index >= 15 is 0 Å². The van der Waals surface area contributed by atoms with Gasteiger partial charge >= 0.3 is 0 Å². The number of aromatic nitrogens is 1. The number of fused-ring (bicyclic) bond motifs is 1. The molecule has 2 amide bonds. The predicted molar refractivity (Wildman–Crippen MR) is 150 cm³/mol.